The fraction of sp³-hybridized carbons (Fsp3) is 0.600. The number of aromatic nitrogens is 4. The summed E-state index contributed by atoms with van der Waals surface area (Å²) in [5.41, 5.74) is 10.7. The molecule has 16 heteroatoms. The van der Waals surface area contributed by atoms with Crippen LogP contribution in [-0.4, -0.2) is 73.6 Å². The standard InChI is InChI=1S/C30H38ClF3N8O4/c1-15(2)41(17-7-16(8-17)5-6-23(43)40-21-9-18(30(32,33)34)19(31)10-20(21)35)11-22-25-29(12-44-22,46-28(3,4)45-25)42-14-39-24-26(36)37-13-38-27(24)42/h9-10,13-17,22,25H,5-8,11-12,35H2,1-4H3,(H,40,43)(H2,36,37,38)/t16?,17?,22-,25-,29-/m1/s1. The number of hydrogen-bond donors (Lipinski definition) is 3. The number of ether oxygens (including phenoxy) is 3. The van der Waals surface area contributed by atoms with E-state index in [0.717, 1.165) is 25.0 Å². The summed E-state index contributed by atoms with van der Waals surface area (Å²) in [5, 5.41) is 2.00. The van der Waals surface area contributed by atoms with Crippen molar-refractivity contribution >= 4 is 45.9 Å². The number of rotatable bonds is 9. The summed E-state index contributed by atoms with van der Waals surface area (Å²) >= 11 is 5.71. The molecular weight excluding hydrogens is 629 g/mol. The maximum absolute atomic E-state index is 13.3. The average Bonchev–Trinajstić information content (AvgIpc) is 3.58. The van der Waals surface area contributed by atoms with Gasteiger partial charge in [0.05, 0.1) is 34.9 Å². The molecule has 250 valence electrons. The molecule has 2 saturated heterocycles. The first-order chi connectivity index (χ1) is 21.6. The molecular formula is C30H38ClF3N8O4. The van der Waals surface area contributed by atoms with Crippen molar-refractivity contribution in [3.63, 3.8) is 0 Å². The number of alkyl halides is 3. The van der Waals surface area contributed by atoms with E-state index in [1.54, 1.807) is 6.33 Å². The minimum absolute atomic E-state index is 0.0283. The quantitative estimate of drug-likeness (QED) is 0.272. The number of fused-ring (bicyclic) bond motifs is 2. The third-order valence-electron chi connectivity index (χ3n) is 9.12. The molecule has 3 atom stereocenters. The van der Waals surface area contributed by atoms with Crippen molar-refractivity contribution in [2.75, 3.05) is 29.9 Å². The Bertz CT molecular complexity index is 1630. The second-order valence-electron chi connectivity index (χ2n) is 13.1. The SMILES string of the molecule is CC(C)N(C[C@H]1OC[C@@]2(n3cnc4c(N)ncnc43)OC(C)(C)O[C@H]12)C1CC(CCC(=O)Nc2cc(C(F)(F)F)c(Cl)cc2N)C1. The number of nitrogens with zero attached hydrogens (tertiary/aromatic N) is 5. The smallest absolute Gasteiger partial charge is 0.397 e. The summed E-state index contributed by atoms with van der Waals surface area (Å²) in [6.07, 6.45) is 0.123. The number of hydrogen-bond acceptors (Lipinski definition) is 10. The van der Waals surface area contributed by atoms with Gasteiger partial charge in [-0.2, -0.15) is 13.2 Å². The summed E-state index contributed by atoms with van der Waals surface area (Å²) < 4.78 is 61.0. The van der Waals surface area contributed by atoms with Gasteiger partial charge in [-0.3, -0.25) is 14.3 Å². The summed E-state index contributed by atoms with van der Waals surface area (Å²) in [6.45, 7) is 8.84. The first kappa shape index (κ1) is 32.7. The molecule has 3 aliphatic rings. The summed E-state index contributed by atoms with van der Waals surface area (Å²) in [6, 6.07) is 2.25. The van der Waals surface area contributed by atoms with Crippen LogP contribution < -0.4 is 16.8 Å². The number of nitrogen functional groups attached to an aromatic ring is 2. The van der Waals surface area contributed by atoms with Crippen LogP contribution in [0.15, 0.2) is 24.8 Å². The van der Waals surface area contributed by atoms with Gasteiger partial charge in [-0.05, 0) is 65.0 Å². The minimum atomic E-state index is -4.66. The van der Waals surface area contributed by atoms with E-state index < -0.39 is 40.3 Å². The van der Waals surface area contributed by atoms with E-state index in [9.17, 15) is 18.0 Å². The van der Waals surface area contributed by atoms with E-state index in [0.29, 0.717) is 30.0 Å². The third kappa shape index (κ3) is 5.99. The Labute approximate surface area is 268 Å². The highest BCUT2D eigenvalue weighted by molar-refractivity contribution is 6.32. The van der Waals surface area contributed by atoms with Gasteiger partial charge in [-0.25, -0.2) is 15.0 Å². The van der Waals surface area contributed by atoms with Crippen molar-refractivity contribution in [3.8, 4) is 0 Å². The Morgan fingerprint density at radius 1 is 1.22 bits per heavy atom. The predicted octanol–water partition coefficient (Wildman–Crippen LogP) is 4.77. The molecule has 2 aliphatic heterocycles. The molecule has 3 fully saturated rings. The van der Waals surface area contributed by atoms with Crippen molar-refractivity contribution < 1.29 is 32.2 Å². The molecule has 46 heavy (non-hydrogen) atoms. The number of amides is 1. The van der Waals surface area contributed by atoms with Gasteiger partial charge < -0.3 is 31.0 Å². The first-order valence-electron chi connectivity index (χ1n) is 15.2. The zero-order valence-corrected chi connectivity index (χ0v) is 26.7. The second-order valence-corrected chi connectivity index (χ2v) is 13.5. The molecule has 3 aromatic rings. The lowest BCUT2D eigenvalue weighted by Crippen LogP contribution is -2.53. The lowest BCUT2D eigenvalue weighted by Gasteiger charge is -2.46. The van der Waals surface area contributed by atoms with E-state index in [2.05, 4.69) is 39.0 Å². The van der Waals surface area contributed by atoms with Gasteiger partial charge in [0.2, 0.25) is 11.6 Å². The van der Waals surface area contributed by atoms with Crippen LogP contribution >= 0.6 is 11.6 Å². The molecule has 0 unspecified atom stereocenters. The second kappa shape index (κ2) is 11.8. The maximum atomic E-state index is 13.3. The Balaban J connectivity index is 1.08. The van der Waals surface area contributed by atoms with Crippen LogP contribution in [-0.2, 0) is 30.9 Å². The zero-order chi connectivity index (χ0) is 33.2. The Morgan fingerprint density at radius 2 is 1.96 bits per heavy atom. The largest absolute Gasteiger partial charge is 0.417 e. The minimum Gasteiger partial charge on any atom is -0.397 e. The molecule has 2 aromatic heterocycles. The molecule has 6 rings (SSSR count). The van der Waals surface area contributed by atoms with E-state index >= 15 is 0 Å². The van der Waals surface area contributed by atoms with E-state index in [4.69, 9.17) is 37.3 Å². The molecule has 1 saturated carbocycles. The molecule has 0 spiro atoms. The van der Waals surface area contributed by atoms with Gasteiger partial charge in [0.15, 0.2) is 17.3 Å². The highest BCUT2D eigenvalue weighted by Gasteiger charge is 2.63. The Morgan fingerprint density at radius 3 is 2.65 bits per heavy atom. The fourth-order valence-electron chi connectivity index (χ4n) is 6.89. The number of nitrogens with two attached hydrogens (primary N) is 2. The van der Waals surface area contributed by atoms with Crippen molar-refractivity contribution in [3.05, 3.63) is 35.4 Å². The summed E-state index contributed by atoms with van der Waals surface area (Å²) in [4.78, 5) is 27.9. The molecule has 5 N–H and O–H groups in total. The number of halogens is 4. The summed E-state index contributed by atoms with van der Waals surface area (Å²) in [7, 11) is 0. The van der Waals surface area contributed by atoms with Gasteiger partial charge in [0.1, 0.15) is 24.1 Å². The monoisotopic (exact) mass is 666 g/mol. The van der Waals surface area contributed by atoms with Crippen LogP contribution in [0.2, 0.25) is 5.02 Å². The number of anilines is 3. The maximum Gasteiger partial charge on any atom is 0.417 e. The predicted molar refractivity (Wildman–Crippen MR) is 165 cm³/mol. The van der Waals surface area contributed by atoms with Crippen LogP contribution in [0.5, 0.6) is 0 Å². The zero-order valence-electron chi connectivity index (χ0n) is 26.0. The van der Waals surface area contributed by atoms with Gasteiger partial charge in [0, 0.05) is 25.0 Å². The molecule has 1 amide bonds. The van der Waals surface area contributed by atoms with Crippen molar-refractivity contribution in [2.24, 2.45) is 5.92 Å². The van der Waals surface area contributed by atoms with Crippen molar-refractivity contribution in [2.45, 2.75) is 95.4 Å². The van der Waals surface area contributed by atoms with Crippen LogP contribution in [0.1, 0.15) is 58.9 Å². The van der Waals surface area contributed by atoms with Gasteiger partial charge in [0.25, 0.3) is 0 Å². The van der Waals surface area contributed by atoms with Gasteiger partial charge >= 0.3 is 6.18 Å². The Hall–Kier alpha value is -3.24. The lowest BCUT2D eigenvalue weighted by molar-refractivity contribution is -0.206. The lowest BCUT2D eigenvalue weighted by atomic mass is 9.76. The third-order valence-corrected chi connectivity index (χ3v) is 9.43. The van der Waals surface area contributed by atoms with Crippen molar-refractivity contribution in [1.29, 1.82) is 0 Å². The highest BCUT2D eigenvalue weighted by atomic mass is 35.5. The van der Waals surface area contributed by atoms with E-state index in [-0.39, 0.29) is 48.4 Å². The molecule has 1 aliphatic carbocycles. The average molecular weight is 667 g/mol. The fourth-order valence-corrected chi connectivity index (χ4v) is 7.17. The molecule has 4 heterocycles. The van der Waals surface area contributed by atoms with Crippen LogP contribution in [0.3, 0.4) is 0 Å². The number of nitrogens with one attached hydrogen (secondary N) is 1. The van der Waals surface area contributed by atoms with Crippen LogP contribution in [0.25, 0.3) is 11.2 Å². The topological polar surface area (TPSA) is 156 Å². The number of carbonyl (C=O) groups excluding carboxylic acids is 1. The molecule has 1 aromatic carbocycles. The van der Waals surface area contributed by atoms with E-state index in [1.165, 1.54) is 6.33 Å². The van der Waals surface area contributed by atoms with Crippen molar-refractivity contribution in [1.82, 2.24) is 24.4 Å². The molecule has 0 radical (unpaired) electrons. The number of carbonyl (C=O) groups is 1. The highest BCUT2D eigenvalue weighted by Crippen LogP contribution is 2.48. The van der Waals surface area contributed by atoms with Gasteiger partial charge in [-0.15, -0.1) is 0 Å². The first-order valence-corrected chi connectivity index (χ1v) is 15.6. The summed E-state index contributed by atoms with van der Waals surface area (Å²) in [5.74, 6) is -0.709. The number of imidazole rings is 1. The van der Waals surface area contributed by atoms with Crippen LogP contribution in [0, 0.1) is 5.92 Å². The normalized spacial score (nSPS) is 27.3. The van der Waals surface area contributed by atoms with Crippen LogP contribution in [0.4, 0.5) is 30.4 Å². The molecule has 0 bridgehead atoms. The number of benzene rings is 1. The Kier molecular flexibility index (Phi) is 8.37. The van der Waals surface area contributed by atoms with E-state index in [1.807, 2.05) is 18.4 Å². The van der Waals surface area contributed by atoms with Gasteiger partial charge in [-0.1, -0.05) is 11.6 Å². The molecule has 12 nitrogen and oxygen atoms in total.